The van der Waals surface area contributed by atoms with Crippen molar-refractivity contribution >= 4 is 28.4 Å². The fourth-order valence-electron chi connectivity index (χ4n) is 2.92. The van der Waals surface area contributed by atoms with Crippen molar-refractivity contribution in [1.29, 1.82) is 0 Å². The van der Waals surface area contributed by atoms with E-state index in [0.29, 0.717) is 11.4 Å². The fourth-order valence-corrected chi connectivity index (χ4v) is 2.92. The molecule has 0 bridgehead atoms. The molecule has 1 aromatic carbocycles. The zero-order chi connectivity index (χ0) is 16.7. The maximum Gasteiger partial charge on any atom is 0.258 e. The number of aryl methyl sites for hydroxylation is 3. The van der Waals surface area contributed by atoms with Crippen LogP contribution in [-0.2, 0) is 7.05 Å². The van der Waals surface area contributed by atoms with Crippen LogP contribution < -0.4 is 10.6 Å². The van der Waals surface area contributed by atoms with Gasteiger partial charge >= 0.3 is 0 Å². The van der Waals surface area contributed by atoms with E-state index >= 15 is 0 Å². The van der Waals surface area contributed by atoms with E-state index in [2.05, 4.69) is 9.97 Å². The summed E-state index contributed by atoms with van der Waals surface area (Å²) in [5.41, 5.74) is 10.6. The maximum atomic E-state index is 12.8. The lowest BCUT2D eigenvalue weighted by molar-refractivity contribution is 0.0992. The number of nitrogens with zero attached hydrogens (tertiary/aromatic N) is 4. The number of carbonyl (C=O) groups is 1. The van der Waals surface area contributed by atoms with Gasteiger partial charge in [-0.1, -0.05) is 0 Å². The minimum absolute atomic E-state index is 0.0918. The first-order valence-electron chi connectivity index (χ1n) is 7.31. The molecule has 0 atom stereocenters. The number of fused-ring (bicyclic) bond motifs is 1. The van der Waals surface area contributed by atoms with Crippen molar-refractivity contribution in [3.8, 4) is 0 Å². The second-order valence-electron chi connectivity index (χ2n) is 5.72. The molecule has 0 saturated carbocycles. The van der Waals surface area contributed by atoms with Crippen molar-refractivity contribution in [3.05, 3.63) is 47.4 Å². The third-order valence-electron chi connectivity index (χ3n) is 3.99. The van der Waals surface area contributed by atoms with Crippen LogP contribution in [0.25, 0.3) is 11.0 Å². The van der Waals surface area contributed by atoms with Crippen LogP contribution in [0.4, 0.5) is 11.5 Å². The van der Waals surface area contributed by atoms with E-state index in [0.717, 1.165) is 28.0 Å². The molecule has 6 nitrogen and oxygen atoms in total. The highest BCUT2D eigenvalue weighted by molar-refractivity contribution is 6.07. The van der Waals surface area contributed by atoms with Crippen molar-refractivity contribution in [2.45, 2.75) is 13.8 Å². The molecule has 2 heterocycles. The van der Waals surface area contributed by atoms with Crippen LogP contribution in [0, 0.1) is 13.8 Å². The zero-order valence-corrected chi connectivity index (χ0v) is 13.7. The largest absolute Gasteiger partial charge is 0.384 e. The fraction of sp³-hybridized carbons (Fsp3) is 0.235. The molecule has 3 aromatic rings. The minimum Gasteiger partial charge on any atom is -0.384 e. The molecule has 23 heavy (non-hydrogen) atoms. The van der Waals surface area contributed by atoms with E-state index in [1.165, 1.54) is 0 Å². The number of aromatic nitrogens is 3. The highest BCUT2D eigenvalue weighted by Gasteiger charge is 2.19. The van der Waals surface area contributed by atoms with Crippen LogP contribution >= 0.6 is 0 Å². The summed E-state index contributed by atoms with van der Waals surface area (Å²) in [6.45, 7) is 3.78. The van der Waals surface area contributed by atoms with Crippen molar-refractivity contribution in [2.75, 3.05) is 17.7 Å². The van der Waals surface area contributed by atoms with Gasteiger partial charge in [-0.2, -0.15) is 0 Å². The number of pyridine rings is 1. The van der Waals surface area contributed by atoms with E-state index < -0.39 is 0 Å². The maximum absolute atomic E-state index is 12.8. The van der Waals surface area contributed by atoms with Crippen LogP contribution in [-0.4, -0.2) is 27.5 Å². The second-order valence-corrected chi connectivity index (χ2v) is 5.72. The van der Waals surface area contributed by atoms with Gasteiger partial charge in [-0.15, -0.1) is 0 Å². The number of rotatable bonds is 2. The van der Waals surface area contributed by atoms with Gasteiger partial charge in [0.05, 0.1) is 28.7 Å². The molecule has 0 spiro atoms. The van der Waals surface area contributed by atoms with Gasteiger partial charge in [-0.05, 0) is 43.7 Å². The lowest BCUT2D eigenvalue weighted by atomic mass is 10.1. The second kappa shape index (κ2) is 5.39. The third kappa shape index (κ3) is 2.52. The van der Waals surface area contributed by atoms with Gasteiger partial charge in [0, 0.05) is 19.7 Å². The number of imidazole rings is 1. The molecular weight excluding hydrogens is 290 g/mol. The topological polar surface area (TPSA) is 77.0 Å². The molecule has 0 aliphatic heterocycles. The molecule has 2 aromatic heterocycles. The number of nitrogens with two attached hydrogens (primary N) is 1. The van der Waals surface area contributed by atoms with E-state index in [1.807, 2.05) is 37.6 Å². The molecule has 118 valence electrons. The predicted octanol–water partition coefficient (Wildman–Crippen LogP) is 2.44. The molecule has 2 N–H and O–H groups in total. The van der Waals surface area contributed by atoms with Gasteiger partial charge in [-0.3, -0.25) is 4.79 Å². The average Bonchev–Trinajstić information content (AvgIpc) is 2.86. The number of hydrogen-bond donors (Lipinski definition) is 1. The van der Waals surface area contributed by atoms with Crippen molar-refractivity contribution < 1.29 is 4.79 Å². The number of benzene rings is 1. The van der Waals surface area contributed by atoms with E-state index in [4.69, 9.17) is 5.73 Å². The highest BCUT2D eigenvalue weighted by atomic mass is 16.2. The van der Waals surface area contributed by atoms with Crippen molar-refractivity contribution in [3.63, 3.8) is 0 Å². The summed E-state index contributed by atoms with van der Waals surface area (Å²) < 4.78 is 1.90. The van der Waals surface area contributed by atoms with Gasteiger partial charge < -0.3 is 15.2 Å². The van der Waals surface area contributed by atoms with E-state index in [-0.39, 0.29) is 5.91 Å². The van der Waals surface area contributed by atoms with Gasteiger partial charge in [0.15, 0.2) is 0 Å². The summed E-state index contributed by atoms with van der Waals surface area (Å²) in [5, 5.41) is 0. The molecule has 0 unspecified atom stereocenters. The highest BCUT2D eigenvalue weighted by Crippen LogP contribution is 2.26. The van der Waals surface area contributed by atoms with Crippen molar-refractivity contribution in [1.82, 2.24) is 14.5 Å². The Bertz CT molecular complexity index is 889. The Kier molecular flexibility index (Phi) is 3.52. The lowest BCUT2D eigenvalue weighted by Crippen LogP contribution is -2.28. The summed E-state index contributed by atoms with van der Waals surface area (Å²) in [4.78, 5) is 23.0. The first-order chi connectivity index (χ1) is 10.9. The van der Waals surface area contributed by atoms with Crippen LogP contribution in [0.15, 0.2) is 30.6 Å². The van der Waals surface area contributed by atoms with Crippen LogP contribution in [0.5, 0.6) is 0 Å². The van der Waals surface area contributed by atoms with Gasteiger partial charge in [0.2, 0.25) is 0 Å². The molecule has 1 amide bonds. The average molecular weight is 309 g/mol. The summed E-state index contributed by atoms with van der Waals surface area (Å²) in [6, 6.07) is 7.29. The Morgan fingerprint density at radius 1 is 1.26 bits per heavy atom. The summed E-state index contributed by atoms with van der Waals surface area (Å²) >= 11 is 0. The SMILES string of the molecule is Cc1cc(N)nc(C)c1N(C)C(=O)c1ccc2ncn(C)c2c1. The number of carbonyl (C=O) groups excluding carboxylic acids is 1. The normalized spacial score (nSPS) is 11.0. The number of anilines is 2. The molecule has 3 rings (SSSR count). The first kappa shape index (κ1) is 15.0. The third-order valence-corrected chi connectivity index (χ3v) is 3.99. The van der Waals surface area contributed by atoms with Gasteiger partial charge in [-0.25, -0.2) is 9.97 Å². The number of nitrogen functional groups attached to an aromatic ring is 1. The molecule has 0 aliphatic carbocycles. The molecule has 6 heteroatoms. The molecule has 0 fully saturated rings. The lowest BCUT2D eigenvalue weighted by Gasteiger charge is -2.21. The Morgan fingerprint density at radius 2 is 2.00 bits per heavy atom. The monoisotopic (exact) mass is 309 g/mol. The van der Waals surface area contributed by atoms with Gasteiger partial charge in [0.25, 0.3) is 5.91 Å². The predicted molar refractivity (Wildman–Crippen MR) is 91.6 cm³/mol. The van der Waals surface area contributed by atoms with Crippen molar-refractivity contribution in [2.24, 2.45) is 7.05 Å². The molecular formula is C17H19N5O. The molecule has 0 radical (unpaired) electrons. The first-order valence-corrected chi connectivity index (χ1v) is 7.31. The van der Waals surface area contributed by atoms with Crippen LogP contribution in [0.3, 0.4) is 0 Å². The molecule has 0 saturated heterocycles. The molecule has 0 aliphatic rings. The van der Waals surface area contributed by atoms with Crippen LogP contribution in [0.2, 0.25) is 0 Å². The quantitative estimate of drug-likeness (QED) is 0.789. The Balaban J connectivity index is 2.03. The minimum atomic E-state index is -0.0918. The van der Waals surface area contributed by atoms with Gasteiger partial charge in [0.1, 0.15) is 5.82 Å². The number of amides is 1. The Hall–Kier alpha value is -2.89. The van der Waals surface area contributed by atoms with E-state index in [9.17, 15) is 4.79 Å². The zero-order valence-electron chi connectivity index (χ0n) is 13.7. The smallest absolute Gasteiger partial charge is 0.258 e. The summed E-state index contributed by atoms with van der Waals surface area (Å²) in [5.74, 6) is 0.367. The standard InChI is InChI=1S/C17H19N5O/c1-10-7-15(18)20-11(2)16(10)22(4)17(23)12-5-6-13-14(8-12)21(3)9-19-13/h5-9H,1-4H3,(H2,18,20). The summed E-state index contributed by atoms with van der Waals surface area (Å²) in [6.07, 6.45) is 1.74. The summed E-state index contributed by atoms with van der Waals surface area (Å²) in [7, 11) is 3.66. The van der Waals surface area contributed by atoms with E-state index in [1.54, 1.807) is 30.4 Å². The Morgan fingerprint density at radius 3 is 2.70 bits per heavy atom. The van der Waals surface area contributed by atoms with Crippen LogP contribution in [0.1, 0.15) is 21.6 Å². The number of hydrogen-bond acceptors (Lipinski definition) is 4. The Labute approximate surface area is 134 Å².